The lowest BCUT2D eigenvalue weighted by atomic mass is 9.80. The van der Waals surface area contributed by atoms with Crippen LogP contribution in [0.15, 0.2) is 0 Å². The molecule has 1 saturated heterocycles. The highest BCUT2D eigenvalue weighted by atomic mass is 16.5. The molecule has 0 bridgehead atoms. The first kappa shape index (κ1) is 13.4. The van der Waals surface area contributed by atoms with E-state index in [0.29, 0.717) is 17.6 Å². The topological polar surface area (TPSA) is 21.3 Å². The molecule has 0 spiro atoms. The number of ether oxygens (including phenoxy) is 1. The molecule has 0 aromatic rings. The lowest BCUT2D eigenvalue weighted by Gasteiger charge is -2.31. The van der Waals surface area contributed by atoms with E-state index in [2.05, 4.69) is 19.2 Å². The molecule has 0 radical (unpaired) electrons. The van der Waals surface area contributed by atoms with Crippen molar-refractivity contribution < 1.29 is 4.74 Å². The van der Waals surface area contributed by atoms with Gasteiger partial charge >= 0.3 is 0 Å². The van der Waals surface area contributed by atoms with Crippen LogP contribution in [0, 0.1) is 5.41 Å². The number of nitrogens with one attached hydrogen (secondary N) is 1. The average Bonchev–Trinajstić information content (AvgIpc) is 2.96. The Morgan fingerprint density at radius 3 is 2.59 bits per heavy atom. The van der Waals surface area contributed by atoms with Crippen molar-refractivity contribution in [2.45, 2.75) is 77.4 Å². The van der Waals surface area contributed by atoms with Crippen LogP contribution in [0.5, 0.6) is 0 Å². The van der Waals surface area contributed by atoms with E-state index in [0.717, 1.165) is 6.61 Å². The normalized spacial score (nSPS) is 28.1. The summed E-state index contributed by atoms with van der Waals surface area (Å²) in [5.74, 6) is 0. The largest absolute Gasteiger partial charge is 0.378 e. The molecule has 0 amide bonds. The van der Waals surface area contributed by atoms with E-state index in [9.17, 15) is 0 Å². The van der Waals surface area contributed by atoms with Crippen molar-refractivity contribution in [3.05, 3.63) is 0 Å². The van der Waals surface area contributed by atoms with Gasteiger partial charge in [-0.3, -0.25) is 0 Å². The van der Waals surface area contributed by atoms with Gasteiger partial charge in [-0.25, -0.2) is 0 Å². The molecule has 1 aliphatic heterocycles. The molecular weight excluding hydrogens is 210 g/mol. The Balaban J connectivity index is 1.78. The zero-order valence-electron chi connectivity index (χ0n) is 11.6. The van der Waals surface area contributed by atoms with Crippen LogP contribution in [0.25, 0.3) is 0 Å². The molecule has 1 atom stereocenters. The van der Waals surface area contributed by atoms with E-state index in [1.807, 2.05) is 0 Å². The Morgan fingerprint density at radius 2 is 2.00 bits per heavy atom. The minimum atomic E-state index is 0.575. The third-order valence-corrected chi connectivity index (χ3v) is 4.57. The van der Waals surface area contributed by atoms with Gasteiger partial charge in [0.25, 0.3) is 0 Å². The fourth-order valence-electron chi connectivity index (χ4n) is 3.40. The van der Waals surface area contributed by atoms with Crippen molar-refractivity contribution in [2.75, 3.05) is 13.2 Å². The van der Waals surface area contributed by atoms with Gasteiger partial charge in [-0.05, 0) is 43.9 Å². The van der Waals surface area contributed by atoms with Crippen LogP contribution < -0.4 is 5.32 Å². The van der Waals surface area contributed by atoms with Crippen LogP contribution in [-0.2, 0) is 4.74 Å². The second-order valence-electron chi connectivity index (χ2n) is 6.42. The lowest BCUT2D eigenvalue weighted by molar-refractivity contribution is 0.0870. The summed E-state index contributed by atoms with van der Waals surface area (Å²) in [6.07, 6.45) is 11.5. The summed E-state index contributed by atoms with van der Waals surface area (Å²) in [6, 6.07) is 0.621. The number of hydrogen-bond donors (Lipinski definition) is 1. The molecule has 0 aromatic carbocycles. The first-order valence-electron chi connectivity index (χ1n) is 7.55. The Kier molecular flexibility index (Phi) is 4.87. The Bertz CT molecular complexity index is 215. The fraction of sp³-hybridized carbons (Fsp3) is 1.00. The highest BCUT2D eigenvalue weighted by Crippen LogP contribution is 2.42. The van der Waals surface area contributed by atoms with E-state index in [1.54, 1.807) is 0 Å². The average molecular weight is 239 g/mol. The summed E-state index contributed by atoms with van der Waals surface area (Å²) in [6.45, 7) is 6.73. The van der Waals surface area contributed by atoms with Gasteiger partial charge in [0.05, 0.1) is 6.10 Å². The molecule has 2 fully saturated rings. The van der Waals surface area contributed by atoms with Crippen LogP contribution in [-0.4, -0.2) is 25.3 Å². The van der Waals surface area contributed by atoms with Crippen molar-refractivity contribution in [1.29, 1.82) is 0 Å². The number of hydrogen-bond acceptors (Lipinski definition) is 2. The second-order valence-corrected chi connectivity index (χ2v) is 6.42. The van der Waals surface area contributed by atoms with Crippen LogP contribution in [0.2, 0.25) is 0 Å². The van der Waals surface area contributed by atoms with Gasteiger partial charge in [0.1, 0.15) is 0 Å². The van der Waals surface area contributed by atoms with E-state index >= 15 is 0 Å². The first-order valence-corrected chi connectivity index (χ1v) is 7.55. The minimum absolute atomic E-state index is 0.575. The highest BCUT2D eigenvalue weighted by molar-refractivity contribution is 4.88. The van der Waals surface area contributed by atoms with Crippen molar-refractivity contribution in [3.63, 3.8) is 0 Å². The summed E-state index contributed by atoms with van der Waals surface area (Å²) < 4.78 is 5.76. The zero-order chi connectivity index (χ0) is 12.1. The van der Waals surface area contributed by atoms with Gasteiger partial charge in [0.2, 0.25) is 0 Å². The lowest BCUT2D eigenvalue weighted by Crippen LogP contribution is -2.36. The predicted molar refractivity (Wildman–Crippen MR) is 72.2 cm³/mol. The van der Waals surface area contributed by atoms with E-state index in [1.165, 1.54) is 57.9 Å². The number of rotatable bonds is 6. The molecule has 1 unspecified atom stereocenters. The summed E-state index contributed by atoms with van der Waals surface area (Å²) >= 11 is 0. The standard InChI is InChI=1S/C15H29NO/c1-13(2)16-12-15(8-3-4-9-15)10-7-14-6-5-11-17-14/h13-14,16H,3-12H2,1-2H3. The van der Waals surface area contributed by atoms with Crippen LogP contribution in [0.4, 0.5) is 0 Å². The molecule has 0 aromatic heterocycles. The van der Waals surface area contributed by atoms with Gasteiger partial charge in [-0.15, -0.1) is 0 Å². The molecule has 2 heteroatoms. The predicted octanol–water partition coefficient (Wildman–Crippen LogP) is 3.50. The molecule has 2 nitrogen and oxygen atoms in total. The maximum atomic E-state index is 5.76. The second kappa shape index (κ2) is 6.19. The van der Waals surface area contributed by atoms with Gasteiger partial charge in [0, 0.05) is 19.2 Å². The van der Waals surface area contributed by atoms with Crippen LogP contribution in [0.1, 0.15) is 65.2 Å². The Labute approximate surface area is 107 Å². The molecule has 100 valence electrons. The fourth-order valence-corrected chi connectivity index (χ4v) is 3.40. The van der Waals surface area contributed by atoms with Gasteiger partial charge in [-0.1, -0.05) is 26.7 Å². The highest BCUT2D eigenvalue weighted by Gasteiger charge is 2.34. The molecule has 2 aliphatic rings. The van der Waals surface area contributed by atoms with Gasteiger partial charge < -0.3 is 10.1 Å². The summed E-state index contributed by atoms with van der Waals surface area (Å²) in [4.78, 5) is 0. The Morgan fingerprint density at radius 1 is 1.24 bits per heavy atom. The molecule has 1 saturated carbocycles. The third kappa shape index (κ3) is 3.96. The van der Waals surface area contributed by atoms with Crippen LogP contribution >= 0.6 is 0 Å². The molecular formula is C15H29NO. The summed E-state index contributed by atoms with van der Waals surface area (Å²) in [5, 5.41) is 3.66. The molecule has 1 aliphatic carbocycles. The smallest absolute Gasteiger partial charge is 0.0576 e. The van der Waals surface area contributed by atoms with Crippen molar-refractivity contribution >= 4 is 0 Å². The zero-order valence-corrected chi connectivity index (χ0v) is 11.6. The quantitative estimate of drug-likeness (QED) is 0.766. The Hall–Kier alpha value is -0.0800. The maximum absolute atomic E-state index is 5.76. The minimum Gasteiger partial charge on any atom is -0.378 e. The first-order chi connectivity index (χ1) is 8.20. The van der Waals surface area contributed by atoms with E-state index in [-0.39, 0.29) is 0 Å². The van der Waals surface area contributed by atoms with Gasteiger partial charge in [-0.2, -0.15) is 0 Å². The maximum Gasteiger partial charge on any atom is 0.0576 e. The van der Waals surface area contributed by atoms with Crippen molar-refractivity contribution in [1.82, 2.24) is 5.32 Å². The summed E-state index contributed by atoms with van der Waals surface area (Å²) in [7, 11) is 0. The van der Waals surface area contributed by atoms with E-state index < -0.39 is 0 Å². The monoisotopic (exact) mass is 239 g/mol. The molecule has 2 rings (SSSR count). The van der Waals surface area contributed by atoms with Crippen molar-refractivity contribution in [3.8, 4) is 0 Å². The molecule has 17 heavy (non-hydrogen) atoms. The molecule has 1 heterocycles. The van der Waals surface area contributed by atoms with Crippen LogP contribution in [0.3, 0.4) is 0 Å². The molecule has 1 N–H and O–H groups in total. The van der Waals surface area contributed by atoms with E-state index in [4.69, 9.17) is 4.74 Å². The van der Waals surface area contributed by atoms with Gasteiger partial charge in [0.15, 0.2) is 0 Å². The third-order valence-electron chi connectivity index (χ3n) is 4.57. The SMILES string of the molecule is CC(C)NCC1(CCC2CCCO2)CCCC1. The van der Waals surface area contributed by atoms with Crippen molar-refractivity contribution in [2.24, 2.45) is 5.41 Å². The summed E-state index contributed by atoms with van der Waals surface area (Å²) in [5.41, 5.74) is 0.593.